The number of hydrogen-bond donors (Lipinski definition) is 3. The van der Waals surface area contributed by atoms with Crippen molar-refractivity contribution in [2.75, 3.05) is 0 Å². The van der Waals surface area contributed by atoms with Crippen molar-refractivity contribution < 1.29 is 22.8 Å². The third-order valence-electron chi connectivity index (χ3n) is 5.22. The zero-order valence-corrected chi connectivity index (χ0v) is 18.5. The summed E-state index contributed by atoms with van der Waals surface area (Å²) in [5.41, 5.74) is 0.826. The molecule has 1 aliphatic rings. The standard InChI is InChI=1S/C24H25F3N4O2/c1-4-5-15-8-17(13-28-11-15)20-10-21(32)31-22(30-20)18-9-16(12-29-23(33)14(2)3)6-7-19(18)24(25,26)27/h6-9,11,13-14,20,22,30H,10,12H2,1-3H3,(H,29,33)(H,31,32). The van der Waals surface area contributed by atoms with Crippen LogP contribution >= 0.6 is 0 Å². The van der Waals surface area contributed by atoms with Gasteiger partial charge in [-0.25, -0.2) is 0 Å². The smallest absolute Gasteiger partial charge is 0.352 e. The van der Waals surface area contributed by atoms with Crippen molar-refractivity contribution in [2.45, 2.75) is 52.1 Å². The summed E-state index contributed by atoms with van der Waals surface area (Å²) < 4.78 is 41.3. The minimum absolute atomic E-state index is 0.0483. The van der Waals surface area contributed by atoms with Gasteiger partial charge < -0.3 is 10.6 Å². The first-order valence-electron chi connectivity index (χ1n) is 10.5. The maximum atomic E-state index is 13.8. The van der Waals surface area contributed by atoms with E-state index in [1.54, 1.807) is 39.2 Å². The van der Waals surface area contributed by atoms with E-state index in [1.807, 2.05) is 0 Å². The summed E-state index contributed by atoms with van der Waals surface area (Å²) in [6, 6.07) is 4.88. The molecule has 174 valence electrons. The number of benzene rings is 1. The van der Waals surface area contributed by atoms with Crippen LogP contribution in [-0.2, 0) is 22.3 Å². The van der Waals surface area contributed by atoms with Crippen LogP contribution in [0.4, 0.5) is 13.2 Å². The summed E-state index contributed by atoms with van der Waals surface area (Å²) in [5.74, 6) is 4.81. The van der Waals surface area contributed by atoms with Crippen molar-refractivity contribution in [3.05, 3.63) is 64.5 Å². The molecule has 1 saturated heterocycles. The lowest BCUT2D eigenvalue weighted by Gasteiger charge is -2.33. The van der Waals surface area contributed by atoms with Gasteiger partial charge in [0.2, 0.25) is 11.8 Å². The van der Waals surface area contributed by atoms with E-state index in [9.17, 15) is 22.8 Å². The zero-order valence-electron chi connectivity index (χ0n) is 18.5. The Hall–Kier alpha value is -3.38. The van der Waals surface area contributed by atoms with E-state index in [4.69, 9.17) is 0 Å². The highest BCUT2D eigenvalue weighted by molar-refractivity contribution is 5.78. The van der Waals surface area contributed by atoms with E-state index in [0.29, 0.717) is 16.7 Å². The summed E-state index contributed by atoms with van der Waals surface area (Å²) >= 11 is 0. The molecule has 1 aromatic carbocycles. The summed E-state index contributed by atoms with van der Waals surface area (Å²) in [5, 5.41) is 8.41. The van der Waals surface area contributed by atoms with Crippen molar-refractivity contribution >= 4 is 11.8 Å². The molecule has 1 aromatic heterocycles. The Morgan fingerprint density at radius 3 is 2.70 bits per heavy atom. The molecule has 0 radical (unpaired) electrons. The Morgan fingerprint density at radius 2 is 2.03 bits per heavy atom. The Balaban J connectivity index is 1.93. The van der Waals surface area contributed by atoms with Gasteiger partial charge in [0, 0.05) is 48.4 Å². The normalized spacial score (nSPS) is 18.3. The molecule has 0 bridgehead atoms. The number of nitrogens with one attached hydrogen (secondary N) is 3. The highest BCUT2D eigenvalue weighted by atomic mass is 19.4. The fraction of sp³-hybridized carbons (Fsp3) is 0.375. The molecule has 9 heteroatoms. The van der Waals surface area contributed by atoms with Gasteiger partial charge in [0.1, 0.15) is 6.17 Å². The lowest BCUT2D eigenvalue weighted by atomic mass is 9.95. The molecular formula is C24H25F3N4O2. The number of pyridine rings is 1. The average molecular weight is 458 g/mol. The van der Waals surface area contributed by atoms with Gasteiger partial charge in [0.05, 0.1) is 5.56 Å². The first kappa shape index (κ1) is 24.3. The van der Waals surface area contributed by atoms with Gasteiger partial charge in [-0.3, -0.25) is 19.9 Å². The van der Waals surface area contributed by atoms with Crippen molar-refractivity contribution in [1.29, 1.82) is 0 Å². The van der Waals surface area contributed by atoms with Gasteiger partial charge in [-0.2, -0.15) is 13.2 Å². The van der Waals surface area contributed by atoms with Crippen LogP contribution in [0.1, 0.15) is 67.2 Å². The molecule has 2 amide bonds. The number of hydrogen-bond acceptors (Lipinski definition) is 4. The second-order valence-electron chi connectivity index (χ2n) is 8.10. The van der Waals surface area contributed by atoms with Gasteiger partial charge >= 0.3 is 6.18 Å². The lowest BCUT2D eigenvalue weighted by molar-refractivity contribution is -0.139. The largest absolute Gasteiger partial charge is 0.416 e. The lowest BCUT2D eigenvalue weighted by Crippen LogP contribution is -2.47. The predicted octanol–water partition coefficient (Wildman–Crippen LogP) is 3.59. The number of carbonyl (C=O) groups excluding carboxylic acids is 2. The van der Waals surface area contributed by atoms with Crippen molar-refractivity contribution in [2.24, 2.45) is 5.92 Å². The number of rotatable bonds is 5. The highest BCUT2D eigenvalue weighted by Gasteiger charge is 2.38. The van der Waals surface area contributed by atoms with Gasteiger partial charge in [-0.05, 0) is 36.2 Å². The first-order valence-corrected chi connectivity index (χ1v) is 10.5. The minimum Gasteiger partial charge on any atom is -0.352 e. The van der Waals surface area contributed by atoms with E-state index < -0.39 is 23.9 Å². The van der Waals surface area contributed by atoms with Crippen molar-refractivity contribution in [1.82, 2.24) is 20.9 Å². The molecule has 1 aliphatic heterocycles. The number of alkyl halides is 3. The molecule has 2 atom stereocenters. The topological polar surface area (TPSA) is 83.1 Å². The number of halogens is 3. The zero-order chi connectivity index (χ0) is 24.2. The summed E-state index contributed by atoms with van der Waals surface area (Å²) in [6.07, 6.45) is -2.50. The summed E-state index contributed by atoms with van der Waals surface area (Å²) in [7, 11) is 0. The second-order valence-corrected chi connectivity index (χ2v) is 8.10. The van der Waals surface area contributed by atoms with E-state index in [-0.39, 0.29) is 36.3 Å². The SMILES string of the molecule is CC#Cc1cncc(C2CC(=O)NC(c3cc(CNC(=O)C(C)C)ccc3C(F)(F)F)N2)c1. The molecular weight excluding hydrogens is 433 g/mol. The quantitative estimate of drug-likeness (QED) is 0.598. The molecule has 2 heterocycles. The minimum atomic E-state index is -4.62. The average Bonchev–Trinajstić information content (AvgIpc) is 2.76. The molecule has 33 heavy (non-hydrogen) atoms. The van der Waals surface area contributed by atoms with Crippen LogP contribution in [0.3, 0.4) is 0 Å². The molecule has 0 aliphatic carbocycles. The van der Waals surface area contributed by atoms with Crippen LogP contribution in [0.2, 0.25) is 0 Å². The summed E-state index contributed by atoms with van der Waals surface area (Å²) in [4.78, 5) is 28.4. The molecule has 2 aromatic rings. The molecule has 3 N–H and O–H groups in total. The van der Waals surface area contributed by atoms with E-state index in [2.05, 4.69) is 32.8 Å². The predicted molar refractivity (Wildman–Crippen MR) is 116 cm³/mol. The van der Waals surface area contributed by atoms with E-state index >= 15 is 0 Å². The van der Waals surface area contributed by atoms with Gasteiger partial charge in [-0.15, -0.1) is 5.92 Å². The number of aromatic nitrogens is 1. The van der Waals surface area contributed by atoms with Crippen LogP contribution in [-0.4, -0.2) is 16.8 Å². The number of nitrogens with zero attached hydrogens (tertiary/aromatic N) is 1. The molecule has 0 saturated carbocycles. The molecule has 1 fully saturated rings. The van der Waals surface area contributed by atoms with Gasteiger partial charge in [0.15, 0.2) is 0 Å². The monoisotopic (exact) mass is 458 g/mol. The maximum absolute atomic E-state index is 13.8. The van der Waals surface area contributed by atoms with Crippen LogP contribution in [0.5, 0.6) is 0 Å². The van der Waals surface area contributed by atoms with Gasteiger partial charge in [-0.1, -0.05) is 25.8 Å². The third kappa shape index (κ3) is 6.11. The molecule has 6 nitrogen and oxygen atoms in total. The molecule has 2 unspecified atom stereocenters. The van der Waals surface area contributed by atoms with E-state index in [1.165, 1.54) is 12.1 Å². The van der Waals surface area contributed by atoms with E-state index in [0.717, 1.165) is 6.07 Å². The fourth-order valence-electron chi connectivity index (χ4n) is 3.56. The van der Waals surface area contributed by atoms with Crippen LogP contribution in [0.25, 0.3) is 0 Å². The molecule has 0 spiro atoms. The van der Waals surface area contributed by atoms with Gasteiger partial charge in [0.25, 0.3) is 0 Å². The third-order valence-corrected chi connectivity index (χ3v) is 5.22. The Bertz CT molecular complexity index is 1100. The Kier molecular flexibility index (Phi) is 7.39. The van der Waals surface area contributed by atoms with Crippen LogP contribution in [0.15, 0.2) is 36.7 Å². The van der Waals surface area contributed by atoms with Crippen LogP contribution < -0.4 is 16.0 Å². The number of carbonyl (C=O) groups is 2. The van der Waals surface area contributed by atoms with Crippen molar-refractivity contribution in [3.8, 4) is 11.8 Å². The summed E-state index contributed by atoms with van der Waals surface area (Å²) in [6.45, 7) is 5.22. The van der Waals surface area contributed by atoms with Crippen LogP contribution in [0, 0.1) is 17.8 Å². The fourth-order valence-corrected chi connectivity index (χ4v) is 3.56. The Labute approximate surface area is 190 Å². The number of amides is 2. The highest BCUT2D eigenvalue weighted by Crippen LogP contribution is 2.36. The Morgan fingerprint density at radius 1 is 1.27 bits per heavy atom. The second kappa shape index (κ2) is 10.0. The molecule has 3 rings (SSSR count). The van der Waals surface area contributed by atoms with Crippen molar-refractivity contribution in [3.63, 3.8) is 0 Å². The maximum Gasteiger partial charge on any atom is 0.416 e. The first-order chi connectivity index (χ1) is 15.6.